The highest BCUT2D eigenvalue weighted by molar-refractivity contribution is 5.53. The lowest BCUT2D eigenvalue weighted by molar-refractivity contribution is 0.316. The van der Waals surface area contributed by atoms with Gasteiger partial charge in [-0.3, -0.25) is 0 Å². The number of rotatable bonds is 2. The number of hydrogen-bond donors (Lipinski definition) is 0. The summed E-state index contributed by atoms with van der Waals surface area (Å²) in [5.74, 6) is 2.49. The van der Waals surface area contributed by atoms with Crippen molar-refractivity contribution in [2.45, 2.75) is 18.8 Å². The van der Waals surface area contributed by atoms with Crippen LogP contribution in [0.5, 0.6) is 11.5 Å². The monoisotopic (exact) mass is 265 g/mol. The first-order valence-corrected chi connectivity index (χ1v) is 7.50. The fourth-order valence-electron chi connectivity index (χ4n) is 3.43. The summed E-state index contributed by atoms with van der Waals surface area (Å²) >= 11 is 0. The molecule has 102 valence electrons. The largest absolute Gasteiger partial charge is 0.457 e. The Hall–Kier alpha value is -1.80. The van der Waals surface area contributed by atoms with E-state index in [2.05, 4.69) is 53.4 Å². The highest BCUT2D eigenvalue weighted by Crippen LogP contribution is 2.44. The van der Waals surface area contributed by atoms with Crippen LogP contribution in [0.25, 0.3) is 0 Å². The van der Waals surface area contributed by atoms with Crippen molar-refractivity contribution in [1.29, 1.82) is 0 Å². The average Bonchev–Trinajstić information content (AvgIpc) is 3.00. The molecule has 2 aliphatic heterocycles. The molecule has 0 bridgehead atoms. The number of fused-ring (bicyclic) bond motifs is 2. The second-order valence-corrected chi connectivity index (χ2v) is 5.74. The van der Waals surface area contributed by atoms with E-state index in [1.54, 1.807) is 0 Å². The van der Waals surface area contributed by atoms with E-state index in [1.807, 2.05) is 0 Å². The SMILES string of the molecule is c1ccc2c(c1)Oc1ccccc1C2CN1CCCC1. The van der Waals surface area contributed by atoms with E-state index < -0.39 is 0 Å². The molecule has 4 rings (SSSR count). The summed E-state index contributed by atoms with van der Waals surface area (Å²) in [6.45, 7) is 3.58. The average molecular weight is 265 g/mol. The van der Waals surface area contributed by atoms with Gasteiger partial charge in [0, 0.05) is 23.6 Å². The topological polar surface area (TPSA) is 12.5 Å². The molecular formula is C18H19NO. The quantitative estimate of drug-likeness (QED) is 0.813. The highest BCUT2D eigenvalue weighted by Gasteiger charge is 2.28. The third-order valence-corrected chi connectivity index (χ3v) is 4.45. The molecule has 0 atom stereocenters. The second-order valence-electron chi connectivity index (χ2n) is 5.74. The van der Waals surface area contributed by atoms with Crippen molar-refractivity contribution in [2.75, 3.05) is 19.6 Å². The lowest BCUT2D eigenvalue weighted by Gasteiger charge is -2.31. The van der Waals surface area contributed by atoms with Crippen molar-refractivity contribution in [3.8, 4) is 11.5 Å². The normalized spacial score (nSPS) is 18.4. The van der Waals surface area contributed by atoms with E-state index >= 15 is 0 Å². The van der Waals surface area contributed by atoms with Crippen molar-refractivity contribution in [3.05, 3.63) is 59.7 Å². The molecule has 0 aliphatic carbocycles. The molecule has 2 heteroatoms. The van der Waals surface area contributed by atoms with Gasteiger partial charge in [-0.05, 0) is 38.1 Å². The number of likely N-dealkylation sites (tertiary alicyclic amines) is 1. The summed E-state index contributed by atoms with van der Waals surface area (Å²) < 4.78 is 6.05. The van der Waals surface area contributed by atoms with Gasteiger partial charge in [-0.2, -0.15) is 0 Å². The molecule has 0 radical (unpaired) electrons. The Morgan fingerprint density at radius 1 is 0.850 bits per heavy atom. The molecule has 2 aromatic carbocycles. The van der Waals surface area contributed by atoms with E-state index in [4.69, 9.17) is 4.74 Å². The van der Waals surface area contributed by atoms with E-state index in [-0.39, 0.29) is 0 Å². The summed E-state index contributed by atoms with van der Waals surface area (Å²) in [6.07, 6.45) is 2.68. The predicted octanol–water partition coefficient (Wildman–Crippen LogP) is 4.02. The third kappa shape index (κ3) is 2.01. The molecule has 2 aliphatic rings. The van der Waals surface area contributed by atoms with Gasteiger partial charge in [-0.15, -0.1) is 0 Å². The fraction of sp³-hybridized carbons (Fsp3) is 0.333. The zero-order chi connectivity index (χ0) is 13.4. The number of ether oxygens (including phenoxy) is 1. The van der Waals surface area contributed by atoms with E-state index in [1.165, 1.54) is 37.1 Å². The van der Waals surface area contributed by atoms with Crippen LogP contribution in [0.4, 0.5) is 0 Å². The van der Waals surface area contributed by atoms with Crippen molar-refractivity contribution in [1.82, 2.24) is 4.90 Å². The molecule has 0 saturated carbocycles. The standard InChI is InChI=1S/C18H19NO/c1-3-9-17-14(7-1)16(13-19-11-5-6-12-19)15-8-2-4-10-18(15)20-17/h1-4,7-10,16H,5-6,11-13H2. The van der Waals surface area contributed by atoms with Crippen LogP contribution in [0.1, 0.15) is 29.9 Å². The smallest absolute Gasteiger partial charge is 0.131 e. The Balaban J connectivity index is 1.75. The zero-order valence-corrected chi connectivity index (χ0v) is 11.6. The fourth-order valence-corrected chi connectivity index (χ4v) is 3.43. The minimum Gasteiger partial charge on any atom is -0.457 e. The summed E-state index contributed by atoms with van der Waals surface area (Å²) in [6, 6.07) is 16.9. The maximum atomic E-state index is 6.05. The molecule has 1 fully saturated rings. The molecule has 0 aromatic heterocycles. The molecular weight excluding hydrogens is 246 g/mol. The van der Waals surface area contributed by atoms with Crippen LogP contribution < -0.4 is 4.74 Å². The molecule has 1 saturated heterocycles. The van der Waals surface area contributed by atoms with Gasteiger partial charge in [-0.25, -0.2) is 0 Å². The Kier molecular flexibility index (Phi) is 2.96. The Labute approximate surface area is 120 Å². The van der Waals surface area contributed by atoms with Crippen molar-refractivity contribution < 1.29 is 4.74 Å². The van der Waals surface area contributed by atoms with Crippen LogP contribution in [-0.4, -0.2) is 24.5 Å². The maximum Gasteiger partial charge on any atom is 0.131 e. The lowest BCUT2D eigenvalue weighted by Crippen LogP contribution is -2.27. The zero-order valence-electron chi connectivity index (χ0n) is 11.6. The molecule has 0 spiro atoms. The Bertz CT molecular complexity index is 571. The molecule has 0 amide bonds. The summed E-state index contributed by atoms with van der Waals surface area (Å²) in [5.41, 5.74) is 2.66. The van der Waals surface area contributed by atoms with Gasteiger partial charge in [0.2, 0.25) is 0 Å². The first-order valence-electron chi connectivity index (χ1n) is 7.50. The Morgan fingerprint density at radius 3 is 2.00 bits per heavy atom. The number of para-hydroxylation sites is 2. The number of nitrogens with zero attached hydrogens (tertiary/aromatic N) is 1. The summed E-state index contributed by atoms with van der Waals surface area (Å²) in [4.78, 5) is 2.59. The van der Waals surface area contributed by atoms with Gasteiger partial charge in [0.25, 0.3) is 0 Å². The first kappa shape index (κ1) is 12.0. The highest BCUT2D eigenvalue weighted by atomic mass is 16.5. The molecule has 2 nitrogen and oxygen atoms in total. The molecule has 20 heavy (non-hydrogen) atoms. The second kappa shape index (κ2) is 4.95. The van der Waals surface area contributed by atoms with Gasteiger partial charge >= 0.3 is 0 Å². The van der Waals surface area contributed by atoms with E-state index in [9.17, 15) is 0 Å². The molecule has 2 aromatic rings. The van der Waals surface area contributed by atoms with Crippen LogP contribution in [0.2, 0.25) is 0 Å². The number of hydrogen-bond acceptors (Lipinski definition) is 2. The maximum absolute atomic E-state index is 6.05. The molecule has 2 heterocycles. The Morgan fingerprint density at radius 2 is 1.40 bits per heavy atom. The van der Waals surface area contributed by atoms with Crippen LogP contribution in [0.3, 0.4) is 0 Å². The van der Waals surface area contributed by atoms with E-state index in [0.717, 1.165) is 18.0 Å². The summed E-state index contributed by atoms with van der Waals surface area (Å²) in [5, 5.41) is 0. The molecule has 0 unspecified atom stereocenters. The van der Waals surface area contributed by atoms with Crippen LogP contribution in [0.15, 0.2) is 48.5 Å². The van der Waals surface area contributed by atoms with Crippen molar-refractivity contribution >= 4 is 0 Å². The first-order chi connectivity index (χ1) is 9.92. The van der Waals surface area contributed by atoms with Crippen LogP contribution in [0, 0.1) is 0 Å². The van der Waals surface area contributed by atoms with Gasteiger partial charge in [-0.1, -0.05) is 36.4 Å². The van der Waals surface area contributed by atoms with Gasteiger partial charge in [0.1, 0.15) is 11.5 Å². The van der Waals surface area contributed by atoms with Gasteiger partial charge < -0.3 is 9.64 Å². The third-order valence-electron chi connectivity index (χ3n) is 4.45. The minimum atomic E-state index is 0.439. The van der Waals surface area contributed by atoms with Gasteiger partial charge in [0.15, 0.2) is 0 Å². The number of benzene rings is 2. The van der Waals surface area contributed by atoms with Crippen molar-refractivity contribution in [2.24, 2.45) is 0 Å². The van der Waals surface area contributed by atoms with Crippen LogP contribution >= 0.6 is 0 Å². The van der Waals surface area contributed by atoms with Crippen LogP contribution in [-0.2, 0) is 0 Å². The van der Waals surface area contributed by atoms with Gasteiger partial charge in [0.05, 0.1) is 0 Å². The lowest BCUT2D eigenvalue weighted by atomic mass is 9.87. The predicted molar refractivity (Wildman–Crippen MR) is 80.5 cm³/mol. The summed E-state index contributed by atoms with van der Waals surface area (Å²) in [7, 11) is 0. The molecule has 0 N–H and O–H groups in total. The minimum absolute atomic E-state index is 0.439. The van der Waals surface area contributed by atoms with Crippen molar-refractivity contribution in [3.63, 3.8) is 0 Å². The van der Waals surface area contributed by atoms with E-state index in [0.29, 0.717) is 5.92 Å².